The average Bonchev–Trinajstić information content (AvgIpc) is 3.54. The fraction of sp³-hybridized carbons (Fsp3) is 1.00. The van der Waals surface area contributed by atoms with Crippen molar-refractivity contribution >= 4 is 17.2 Å². The van der Waals surface area contributed by atoms with Crippen LogP contribution in [-0.4, -0.2) is 64.1 Å². The van der Waals surface area contributed by atoms with Crippen LogP contribution in [0.1, 0.15) is 100 Å². The molecule has 0 bridgehead atoms. The Hall–Kier alpha value is 0.540. The highest BCUT2D eigenvalue weighted by Crippen LogP contribution is 2.48. The van der Waals surface area contributed by atoms with Crippen molar-refractivity contribution in [1.82, 2.24) is 0 Å². The Balaban J connectivity index is 1.95. The normalized spacial score (nSPS) is 27.7. The lowest BCUT2D eigenvalue weighted by atomic mass is 10.0. The lowest BCUT2D eigenvalue weighted by Gasteiger charge is -2.25. The van der Waals surface area contributed by atoms with E-state index >= 15 is 0 Å². The summed E-state index contributed by atoms with van der Waals surface area (Å²) in [6.45, 7) is 20.8. The third-order valence-corrected chi connectivity index (χ3v) is 10.2. The number of ether oxygens (including phenoxy) is 2. The van der Waals surface area contributed by atoms with Gasteiger partial charge in [0.25, 0.3) is 0 Å². The zero-order valence-electron chi connectivity index (χ0n) is 26.0. The van der Waals surface area contributed by atoms with Gasteiger partial charge in [0.05, 0.1) is 39.6 Å². The second-order valence-corrected chi connectivity index (χ2v) is 13.8. The lowest BCUT2D eigenvalue weighted by Crippen LogP contribution is -2.33. The van der Waals surface area contributed by atoms with Crippen LogP contribution in [0.15, 0.2) is 0 Å². The summed E-state index contributed by atoms with van der Waals surface area (Å²) in [7, 11) is -2.98. The Morgan fingerprint density at radius 1 is 0.615 bits per heavy atom. The smallest absolute Gasteiger partial charge is 0.333 e. The molecule has 2 heterocycles. The summed E-state index contributed by atoms with van der Waals surface area (Å²) < 4.78 is 49.7. The standard InChI is InChI=1S/C29H58O8P2/c1-9-14-15-25(13-5)19-35-39(34-18-24(8)12-4)37-27-21-31-28-26(20-30-29(27)28)36-38(32-16-22(6)10-2)33-17-23(7)11-3/h22-29H,9-21H2,1-8H3. The first-order valence-corrected chi connectivity index (χ1v) is 17.7. The van der Waals surface area contributed by atoms with Crippen LogP contribution >= 0.6 is 17.2 Å². The van der Waals surface area contributed by atoms with Crippen molar-refractivity contribution in [3.05, 3.63) is 0 Å². The van der Waals surface area contributed by atoms with Gasteiger partial charge in [0.1, 0.15) is 24.4 Å². The zero-order chi connectivity index (χ0) is 28.6. The van der Waals surface area contributed by atoms with E-state index in [-0.39, 0.29) is 24.4 Å². The fourth-order valence-electron chi connectivity index (χ4n) is 4.01. The van der Waals surface area contributed by atoms with Gasteiger partial charge in [-0.05, 0) is 30.1 Å². The molecule has 2 fully saturated rings. The summed E-state index contributed by atoms with van der Waals surface area (Å²) in [6.07, 6.45) is 6.88. The Morgan fingerprint density at radius 2 is 1.03 bits per heavy atom. The Morgan fingerprint density at radius 3 is 1.38 bits per heavy atom. The third kappa shape index (κ3) is 13.2. The summed E-state index contributed by atoms with van der Waals surface area (Å²) >= 11 is 0. The molecular formula is C29H58O8P2. The molecule has 2 rings (SSSR count). The van der Waals surface area contributed by atoms with E-state index in [0.29, 0.717) is 63.3 Å². The van der Waals surface area contributed by atoms with Crippen LogP contribution in [0.4, 0.5) is 0 Å². The van der Waals surface area contributed by atoms with Gasteiger partial charge in [0.2, 0.25) is 0 Å². The van der Waals surface area contributed by atoms with Gasteiger partial charge >= 0.3 is 17.2 Å². The van der Waals surface area contributed by atoms with E-state index < -0.39 is 17.2 Å². The molecule has 0 spiro atoms. The van der Waals surface area contributed by atoms with Crippen LogP contribution in [0.3, 0.4) is 0 Å². The van der Waals surface area contributed by atoms with E-state index in [0.717, 1.165) is 25.7 Å². The maximum absolute atomic E-state index is 6.42. The minimum Gasteiger partial charge on any atom is -0.370 e. The van der Waals surface area contributed by atoms with Crippen LogP contribution in [0.2, 0.25) is 0 Å². The predicted octanol–water partition coefficient (Wildman–Crippen LogP) is 8.43. The first-order chi connectivity index (χ1) is 18.8. The molecule has 10 heteroatoms. The number of fused-ring (bicyclic) bond motifs is 1. The highest BCUT2D eigenvalue weighted by atomic mass is 31.2. The second-order valence-electron chi connectivity index (χ2n) is 11.5. The molecule has 0 aromatic heterocycles. The summed E-state index contributed by atoms with van der Waals surface area (Å²) in [5, 5.41) is 0. The molecule has 8 nitrogen and oxygen atoms in total. The van der Waals surface area contributed by atoms with Gasteiger partial charge in [-0.2, -0.15) is 0 Å². The van der Waals surface area contributed by atoms with Crippen molar-refractivity contribution < 1.29 is 36.6 Å². The van der Waals surface area contributed by atoms with Crippen molar-refractivity contribution in [1.29, 1.82) is 0 Å². The van der Waals surface area contributed by atoms with Gasteiger partial charge in [0, 0.05) is 0 Å². The third-order valence-electron chi connectivity index (χ3n) is 7.85. The van der Waals surface area contributed by atoms with E-state index in [2.05, 4.69) is 55.4 Å². The molecule has 9 unspecified atom stereocenters. The Labute approximate surface area is 241 Å². The first kappa shape index (κ1) is 35.7. The number of hydrogen-bond donors (Lipinski definition) is 0. The molecular weight excluding hydrogens is 538 g/mol. The zero-order valence-corrected chi connectivity index (χ0v) is 27.8. The van der Waals surface area contributed by atoms with Crippen LogP contribution < -0.4 is 0 Å². The minimum atomic E-state index is -1.49. The lowest BCUT2D eigenvalue weighted by molar-refractivity contribution is -0.00108. The molecule has 232 valence electrons. The van der Waals surface area contributed by atoms with Gasteiger partial charge in [-0.15, -0.1) is 0 Å². The van der Waals surface area contributed by atoms with E-state index in [1.807, 2.05) is 0 Å². The van der Waals surface area contributed by atoms with Gasteiger partial charge in [0.15, 0.2) is 0 Å². The topological polar surface area (TPSA) is 73.8 Å². The molecule has 0 amide bonds. The summed E-state index contributed by atoms with van der Waals surface area (Å²) in [5.74, 6) is 1.86. The van der Waals surface area contributed by atoms with Crippen molar-refractivity contribution in [3.8, 4) is 0 Å². The van der Waals surface area contributed by atoms with Crippen LogP contribution in [0, 0.1) is 23.7 Å². The molecule has 0 aromatic rings. The summed E-state index contributed by atoms with van der Waals surface area (Å²) in [6, 6.07) is 0. The van der Waals surface area contributed by atoms with Gasteiger partial charge in [-0.3, -0.25) is 0 Å². The minimum absolute atomic E-state index is 0.223. The summed E-state index contributed by atoms with van der Waals surface area (Å²) in [5.41, 5.74) is 0. The SMILES string of the molecule is CCCCC(CC)COP(OCC(C)CC)OC1COC2C(OP(OCC(C)CC)OCC(C)CC)COC12. The van der Waals surface area contributed by atoms with Crippen LogP contribution in [0.25, 0.3) is 0 Å². The van der Waals surface area contributed by atoms with Crippen LogP contribution in [-0.2, 0) is 36.6 Å². The van der Waals surface area contributed by atoms with E-state index in [4.69, 9.17) is 36.6 Å². The van der Waals surface area contributed by atoms with E-state index in [9.17, 15) is 0 Å². The maximum Gasteiger partial charge on any atom is 0.333 e. The number of rotatable bonds is 23. The Kier molecular flexibility index (Phi) is 18.7. The molecule has 2 aliphatic heterocycles. The van der Waals surface area contributed by atoms with Crippen molar-refractivity contribution in [2.24, 2.45) is 23.7 Å². The second kappa shape index (κ2) is 20.4. The van der Waals surface area contributed by atoms with Gasteiger partial charge < -0.3 is 36.6 Å². The highest BCUT2D eigenvalue weighted by molar-refractivity contribution is 7.42. The van der Waals surface area contributed by atoms with Gasteiger partial charge in [-0.1, -0.05) is 93.9 Å². The van der Waals surface area contributed by atoms with Crippen LogP contribution in [0.5, 0.6) is 0 Å². The highest BCUT2D eigenvalue weighted by Gasteiger charge is 2.51. The molecule has 0 radical (unpaired) electrons. The van der Waals surface area contributed by atoms with Gasteiger partial charge in [-0.25, -0.2) is 0 Å². The first-order valence-electron chi connectivity index (χ1n) is 15.5. The molecule has 0 N–H and O–H groups in total. The molecule has 2 aliphatic rings. The monoisotopic (exact) mass is 596 g/mol. The van der Waals surface area contributed by atoms with E-state index in [1.54, 1.807) is 0 Å². The fourth-order valence-corrected chi connectivity index (χ4v) is 6.67. The number of hydrogen-bond acceptors (Lipinski definition) is 8. The molecule has 0 aliphatic carbocycles. The Bertz CT molecular complexity index is 604. The van der Waals surface area contributed by atoms with E-state index in [1.165, 1.54) is 19.3 Å². The quantitative estimate of drug-likeness (QED) is 0.109. The van der Waals surface area contributed by atoms with Crippen molar-refractivity contribution in [2.45, 2.75) is 125 Å². The molecule has 9 atom stereocenters. The summed E-state index contributed by atoms with van der Waals surface area (Å²) in [4.78, 5) is 0. The molecule has 0 aromatic carbocycles. The molecule has 39 heavy (non-hydrogen) atoms. The maximum atomic E-state index is 6.42. The molecule has 2 saturated heterocycles. The largest absolute Gasteiger partial charge is 0.370 e. The average molecular weight is 597 g/mol. The predicted molar refractivity (Wildman–Crippen MR) is 159 cm³/mol. The van der Waals surface area contributed by atoms with Crippen molar-refractivity contribution in [2.75, 3.05) is 39.6 Å². The number of unbranched alkanes of at least 4 members (excludes halogenated alkanes) is 1. The van der Waals surface area contributed by atoms with Crippen molar-refractivity contribution in [3.63, 3.8) is 0 Å². The molecule has 0 saturated carbocycles.